The zero-order valence-corrected chi connectivity index (χ0v) is 27.9. The third-order valence-corrected chi connectivity index (χ3v) is 8.88. The summed E-state index contributed by atoms with van der Waals surface area (Å²) in [5, 5.41) is 28.2. The van der Waals surface area contributed by atoms with Crippen molar-refractivity contribution < 1.29 is 60.8 Å². The molecule has 274 valence electrons. The number of benzene rings is 1. The van der Waals surface area contributed by atoms with Gasteiger partial charge in [0.15, 0.2) is 0 Å². The van der Waals surface area contributed by atoms with Gasteiger partial charge in [0.25, 0.3) is 0 Å². The number of aliphatic hydroxyl groups excluding tert-OH is 1. The van der Waals surface area contributed by atoms with Crippen molar-refractivity contribution in [3.05, 3.63) is 45.9 Å². The van der Waals surface area contributed by atoms with Gasteiger partial charge in [-0.2, -0.15) is 26.3 Å². The molecule has 1 atom stereocenters. The van der Waals surface area contributed by atoms with Crippen LogP contribution in [0.2, 0.25) is 5.02 Å². The number of carboxylic acids is 2. The van der Waals surface area contributed by atoms with E-state index < -0.39 is 30.4 Å². The molecule has 0 saturated carbocycles. The highest BCUT2D eigenvalue weighted by molar-refractivity contribution is 7.09. The summed E-state index contributed by atoms with van der Waals surface area (Å²) in [6, 6.07) is 7.51. The molecule has 2 aliphatic rings. The number of nitrogens with zero attached hydrogens (tertiary/aromatic N) is 4. The lowest BCUT2D eigenvalue weighted by Crippen LogP contribution is -2.45. The lowest BCUT2D eigenvalue weighted by Gasteiger charge is -2.35. The predicted octanol–water partition coefficient (Wildman–Crippen LogP) is 5.49. The number of likely N-dealkylation sites (tertiary alicyclic amines) is 2. The zero-order valence-electron chi connectivity index (χ0n) is 26.3. The van der Waals surface area contributed by atoms with Crippen LogP contribution in [0.15, 0.2) is 35.8 Å². The van der Waals surface area contributed by atoms with Gasteiger partial charge in [-0.3, -0.25) is 9.59 Å². The van der Waals surface area contributed by atoms with E-state index in [2.05, 4.69) is 9.88 Å². The second-order valence-corrected chi connectivity index (χ2v) is 12.6. The number of carbonyl (C=O) groups is 4. The van der Waals surface area contributed by atoms with E-state index in [0.717, 1.165) is 49.6 Å². The maximum absolute atomic E-state index is 13.5. The van der Waals surface area contributed by atoms with Gasteiger partial charge in [0.1, 0.15) is 11.1 Å². The number of anilines is 1. The summed E-state index contributed by atoms with van der Waals surface area (Å²) in [4.78, 5) is 53.4. The molecule has 1 unspecified atom stereocenters. The van der Waals surface area contributed by atoms with E-state index in [1.165, 1.54) is 11.3 Å². The van der Waals surface area contributed by atoms with Crippen LogP contribution < -0.4 is 4.90 Å². The fourth-order valence-electron chi connectivity index (χ4n) is 5.20. The van der Waals surface area contributed by atoms with Crippen molar-refractivity contribution >= 4 is 52.4 Å². The van der Waals surface area contributed by atoms with E-state index in [0.29, 0.717) is 37.5 Å². The first-order valence-corrected chi connectivity index (χ1v) is 16.3. The van der Waals surface area contributed by atoms with Gasteiger partial charge in [-0.15, -0.1) is 11.3 Å². The summed E-state index contributed by atoms with van der Waals surface area (Å²) in [6.07, 6.45) is -4.72. The van der Waals surface area contributed by atoms with Crippen LogP contribution in [0.1, 0.15) is 50.1 Å². The average Bonchev–Trinajstić information content (AvgIpc) is 3.58. The Morgan fingerprint density at radius 3 is 1.98 bits per heavy atom. The van der Waals surface area contributed by atoms with Gasteiger partial charge in [0, 0.05) is 54.8 Å². The Morgan fingerprint density at radius 2 is 1.53 bits per heavy atom. The van der Waals surface area contributed by atoms with Crippen LogP contribution in [-0.4, -0.2) is 105 Å². The Balaban J connectivity index is 0.000000500. The van der Waals surface area contributed by atoms with Crippen LogP contribution in [0, 0.1) is 11.8 Å². The number of aromatic nitrogens is 1. The highest BCUT2D eigenvalue weighted by Crippen LogP contribution is 2.32. The molecule has 2 amide bonds. The van der Waals surface area contributed by atoms with Crippen molar-refractivity contribution in [3.63, 3.8) is 0 Å². The second kappa shape index (κ2) is 19.1. The minimum Gasteiger partial charge on any atom is -0.475 e. The topological polar surface area (TPSA) is 152 Å². The smallest absolute Gasteiger partial charge is 0.475 e. The van der Waals surface area contributed by atoms with E-state index in [4.69, 9.17) is 31.4 Å². The molecule has 11 nitrogen and oxygen atoms in total. The summed E-state index contributed by atoms with van der Waals surface area (Å²) in [6.45, 7) is 6.29. The maximum atomic E-state index is 13.5. The Labute approximate surface area is 287 Å². The zero-order chi connectivity index (χ0) is 36.9. The number of hydrogen-bond donors (Lipinski definition) is 3. The lowest BCUT2D eigenvalue weighted by atomic mass is 9.91. The monoisotopic (exact) mass is 746 g/mol. The number of alkyl halides is 6. The molecule has 0 spiro atoms. The number of aliphatic carboxylic acids is 2. The Bertz CT molecular complexity index is 1340. The average molecular weight is 747 g/mol. The van der Waals surface area contributed by atoms with Crippen molar-refractivity contribution in [1.82, 2.24) is 14.8 Å². The van der Waals surface area contributed by atoms with Crippen molar-refractivity contribution in [1.29, 1.82) is 0 Å². The number of amides is 2. The van der Waals surface area contributed by atoms with Crippen molar-refractivity contribution in [2.75, 3.05) is 44.2 Å². The number of rotatable bonds is 8. The molecule has 0 radical (unpaired) electrons. The SMILES string of the molecule is CC(=O)N1CCC(C(=O)N(CCCN2CCC(C(O)c3nccs3)CC2)c2cccc(Cl)c2)CC1.O=C(O)C(F)(F)F.O=C(O)C(F)(F)F. The number of piperidine rings is 2. The van der Waals surface area contributed by atoms with Gasteiger partial charge in [-0.25, -0.2) is 14.6 Å². The molecular formula is C30H37ClF6N4O7S. The normalized spacial score (nSPS) is 16.8. The molecule has 2 aromatic rings. The van der Waals surface area contributed by atoms with Crippen molar-refractivity contribution in [2.45, 2.75) is 57.5 Å². The first-order valence-electron chi connectivity index (χ1n) is 15.0. The minimum atomic E-state index is -5.08. The number of carbonyl (C=O) groups excluding carboxylic acids is 2. The third-order valence-electron chi connectivity index (χ3n) is 7.80. The van der Waals surface area contributed by atoms with Gasteiger partial charge in [0.2, 0.25) is 11.8 Å². The van der Waals surface area contributed by atoms with Gasteiger partial charge in [0.05, 0.1) is 0 Å². The van der Waals surface area contributed by atoms with Crippen molar-refractivity contribution in [3.8, 4) is 0 Å². The molecule has 2 aliphatic heterocycles. The van der Waals surface area contributed by atoms with Gasteiger partial charge < -0.3 is 30.0 Å². The number of hydrogen-bond acceptors (Lipinski definition) is 8. The highest BCUT2D eigenvalue weighted by atomic mass is 35.5. The van der Waals surface area contributed by atoms with E-state index in [9.17, 15) is 41.0 Å². The number of thiazole rings is 1. The van der Waals surface area contributed by atoms with Crippen LogP contribution in [-0.2, 0) is 19.2 Å². The Hall–Kier alpha value is -3.48. The molecule has 1 aromatic carbocycles. The standard InChI is InChI=1S/C26H35ClN4O3S.2C2HF3O2/c1-19(32)30-15-8-21(9-16-30)26(34)31(23-5-2-4-22(27)18-23)12-3-11-29-13-6-20(7-14-29)24(33)25-28-10-17-35-25;2*3-2(4,5)1(6)7/h2,4-5,10,17-18,20-21,24,33H,3,6-9,11-16H2,1H3;2*(H,6,7). The van der Waals surface area contributed by atoms with Crippen molar-refractivity contribution in [2.24, 2.45) is 11.8 Å². The van der Waals surface area contributed by atoms with E-state index in [1.807, 2.05) is 39.4 Å². The summed E-state index contributed by atoms with van der Waals surface area (Å²) >= 11 is 7.77. The fourth-order valence-corrected chi connectivity index (χ4v) is 6.10. The summed E-state index contributed by atoms with van der Waals surface area (Å²) in [5.41, 5.74) is 0.835. The molecule has 3 N–H and O–H groups in total. The molecule has 1 aromatic heterocycles. The summed E-state index contributed by atoms with van der Waals surface area (Å²) in [7, 11) is 0. The molecular weight excluding hydrogens is 710 g/mol. The van der Waals surface area contributed by atoms with Gasteiger partial charge >= 0.3 is 24.3 Å². The van der Waals surface area contributed by atoms with E-state index in [-0.39, 0.29) is 23.7 Å². The van der Waals surface area contributed by atoms with Crippen LogP contribution in [0.3, 0.4) is 0 Å². The highest BCUT2D eigenvalue weighted by Gasteiger charge is 2.39. The van der Waals surface area contributed by atoms with Gasteiger partial charge in [-0.05, 0) is 75.9 Å². The number of halogens is 7. The Kier molecular flexibility index (Phi) is 16.2. The fraction of sp³-hybridized carbons (Fsp3) is 0.567. The van der Waals surface area contributed by atoms with E-state index in [1.54, 1.807) is 13.1 Å². The molecule has 0 bridgehead atoms. The third kappa shape index (κ3) is 14.1. The molecule has 49 heavy (non-hydrogen) atoms. The Morgan fingerprint density at radius 1 is 0.980 bits per heavy atom. The first kappa shape index (κ1) is 41.7. The largest absolute Gasteiger partial charge is 0.490 e. The van der Waals surface area contributed by atoms with Crippen LogP contribution in [0.25, 0.3) is 0 Å². The molecule has 3 heterocycles. The molecule has 2 fully saturated rings. The molecule has 19 heteroatoms. The summed E-state index contributed by atoms with van der Waals surface area (Å²) < 4.78 is 63.5. The summed E-state index contributed by atoms with van der Waals surface area (Å²) in [5.74, 6) is -5.14. The van der Waals surface area contributed by atoms with Crippen LogP contribution in [0.5, 0.6) is 0 Å². The number of carboxylic acid groups (broad SMARTS) is 2. The van der Waals surface area contributed by atoms with E-state index >= 15 is 0 Å². The quantitative estimate of drug-likeness (QED) is 0.298. The first-order chi connectivity index (χ1) is 22.8. The molecule has 4 rings (SSSR count). The van der Waals surface area contributed by atoms with Crippen LogP contribution in [0.4, 0.5) is 32.0 Å². The molecule has 2 saturated heterocycles. The second-order valence-electron chi connectivity index (χ2n) is 11.2. The predicted molar refractivity (Wildman–Crippen MR) is 167 cm³/mol. The minimum absolute atomic E-state index is 0.0746. The number of aliphatic hydroxyl groups is 1. The molecule has 0 aliphatic carbocycles. The van der Waals surface area contributed by atoms with Gasteiger partial charge in [-0.1, -0.05) is 17.7 Å². The van der Waals surface area contributed by atoms with Crippen LogP contribution >= 0.6 is 22.9 Å². The maximum Gasteiger partial charge on any atom is 0.490 e. The lowest BCUT2D eigenvalue weighted by molar-refractivity contribution is -0.193.